The Kier molecular flexibility index (Phi) is 3.09. The molecule has 2 rings (SSSR count). The molecule has 0 radical (unpaired) electrons. The van der Waals surface area contributed by atoms with Gasteiger partial charge in [0.25, 0.3) is 0 Å². The number of carbonyl (C=O) groups is 1. The number of hydrogen-bond donors (Lipinski definition) is 1. The number of piperidine rings is 1. The molecule has 3 atom stereocenters. The van der Waals surface area contributed by atoms with E-state index in [0.29, 0.717) is 12.8 Å². The zero-order chi connectivity index (χ0) is 11.9. The molecule has 92 valence electrons. The first kappa shape index (κ1) is 12.0. The first-order valence-corrected chi connectivity index (χ1v) is 6.17. The van der Waals surface area contributed by atoms with Crippen LogP contribution in [0.2, 0.25) is 0 Å². The Morgan fingerprint density at radius 2 is 2.12 bits per heavy atom. The number of nitrogens with one attached hydrogen (secondary N) is 1. The van der Waals surface area contributed by atoms with E-state index in [9.17, 15) is 18.0 Å². The zero-order valence-corrected chi connectivity index (χ0v) is 9.57. The number of nitrogens with zero attached hydrogens (tertiary/aromatic N) is 1. The standard InChI is InChI=1S/C9H13F3N2OS/c1-13-5-2-3-7-14(8(5)15)6(4-16-7)9(10,11)12/h5-7,13H,2-4H2,1H3/t5-,6-,7-/m0/s1. The molecule has 2 aliphatic heterocycles. The van der Waals surface area contributed by atoms with Crippen molar-refractivity contribution in [2.24, 2.45) is 0 Å². The lowest BCUT2D eigenvalue weighted by Crippen LogP contribution is -2.57. The molecule has 1 N–H and O–H groups in total. The quantitative estimate of drug-likeness (QED) is 0.763. The number of hydrogen-bond acceptors (Lipinski definition) is 3. The molecule has 3 nitrogen and oxygen atoms in total. The maximum atomic E-state index is 12.7. The van der Waals surface area contributed by atoms with E-state index in [2.05, 4.69) is 5.32 Å². The van der Waals surface area contributed by atoms with E-state index in [0.717, 1.165) is 4.90 Å². The van der Waals surface area contributed by atoms with Crippen molar-refractivity contribution in [2.45, 2.75) is 36.5 Å². The predicted octanol–water partition coefficient (Wildman–Crippen LogP) is 1.20. The Labute approximate surface area is 95.7 Å². The topological polar surface area (TPSA) is 32.3 Å². The minimum Gasteiger partial charge on any atom is -0.316 e. The number of likely N-dealkylation sites (N-methyl/N-ethyl adjacent to an activating group) is 1. The molecule has 0 bridgehead atoms. The van der Waals surface area contributed by atoms with Crippen LogP contribution in [0.1, 0.15) is 12.8 Å². The highest BCUT2D eigenvalue weighted by Gasteiger charge is 2.54. The maximum Gasteiger partial charge on any atom is 0.409 e. The first-order valence-electron chi connectivity index (χ1n) is 5.13. The van der Waals surface area contributed by atoms with Crippen LogP contribution in [0, 0.1) is 0 Å². The van der Waals surface area contributed by atoms with Gasteiger partial charge in [-0.1, -0.05) is 0 Å². The Morgan fingerprint density at radius 3 is 2.69 bits per heavy atom. The van der Waals surface area contributed by atoms with E-state index in [1.54, 1.807) is 7.05 Å². The molecule has 7 heteroatoms. The summed E-state index contributed by atoms with van der Waals surface area (Å²) in [5.41, 5.74) is 0. The molecular weight excluding hydrogens is 241 g/mol. The van der Waals surface area contributed by atoms with E-state index in [4.69, 9.17) is 0 Å². The highest BCUT2D eigenvalue weighted by molar-refractivity contribution is 8.00. The lowest BCUT2D eigenvalue weighted by Gasteiger charge is -2.37. The molecule has 0 unspecified atom stereocenters. The lowest BCUT2D eigenvalue weighted by molar-refractivity contribution is -0.186. The van der Waals surface area contributed by atoms with Crippen LogP contribution >= 0.6 is 11.8 Å². The van der Waals surface area contributed by atoms with E-state index < -0.39 is 24.2 Å². The summed E-state index contributed by atoms with van der Waals surface area (Å²) >= 11 is 1.23. The van der Waals surface area contributed by atoms with Gasteiger partial charge in [0.15, 0.2) is 0 Å². The second-order valence-electron chi connectivity index (χ2n) is 4.01. The number of alkyl halides is 3. The largest absolute Gasteiger partial charge is 0.409 e. The SMILES string of the molecule is CN[C@H]1CC[C@@H]2SC[C@@H](C(F)(F)F)N2C1=O. The Bertz CT molecular complexity index is 297. The fraction of sp³-hybridized carbons (Fsp3) is 0.889. The molecule has 1 amide bonds. The number of amides is 1. The molecule has 2 heterocycles. The van der Waals surface area contributed by atoms with Crippen molar-refractivity contribution in [1.82, 2.24) is 10.2 Å². The van der Waals surface area contributed by atoms with Gasteiger partial charge in [-0.2, -0.15) is 13.2 Å². The normalized spacial score (nSPS) is 35.4. The van der Waals surface area contributed by atoms with Gasteiger partial charge in [-0.3, -0.25) is 4.79 Å². The number of carbonyl (C=O) groups excluding carboxylic acids is 1. The Morgan fingerprint density at radius 1 is 1.44 bits per heavy atom. The summed E-state index contributed by atoms with van der Waals surface area (Å²) in [5, 5.41) is 2.48. The van der Waals surface area contributed by atoms with Gasteiger partial charge in [0.1, 0.15) is 6.04 Å². The van der Waals surface area contributed by atoms with Crippen LogP contribution in [0.25, 0.3) is 0 Å². The molecule has 2 fully saturated rings. The molecule has 0 aromatic carbocycles. The van der Waals surface area contributed by atoms with Crippen LogP contribution in [-0.2, 0) is 4.79 Å². The van der Waals surface area contributed by atoms with Crippen LogP contribution in [0.5, 0.6) is 0 Å². The molecular formula is C9H13F3N2OS. The first-order chi connectivity index (χ1) is 7.45. The van der Waals surface area contributed by atoms with Crippen molar-refractivity contribution in [2.75, 3.05) is 12.8 Å². The monoisotopic (exact) mass is 254 g/mol. The average molecular weight is 254 g/mol. The zero-order valence-electron chi connectivity index (χ0n) is 8.75. The fourth-order valence-corrected chi connectivity index (χ4v) is 3.68. The Hall–Kier alpha value is -0.430. The van der Waals surface area contributed by atoms with Crippen molar-refractivity contribution < 1.29 is 18.0 Å². The van der Waals surface area contributed by atoms with E-state index in [1.165, 1.54) is 11.8 Å². The second kappa shape index (κ2) is 4.10. The van der Waals surface area contributed by atoms with Crippen molar-refractivity contribution in [3.63, 3.8) is 0 Å². The molecule has 0 aromatic rings. The molecule has 16 heavy (non-hydrogen) atoms. The highest BCUT2D eigenvalue weighted by atomic mass is 32.2. The average Bonchev–Trinajstić information content (AvgIpc) is 2.62. The van der Waals surface area contributed by atoms with Gasteiger partial charge in [-0.25, -0.2) is 0 Å². The fourth-order valence-electron chi connectivity index (χ4n) is 2.21. The highest BCUT2D eigenvalue weighted by Crippen LogP contribution is 2.42. The summed E-state index contributed by atoms with van der Waals surface area (Å²) in [6.07, 6.45) is -3.06. The summed E-state index contributed by atoms with van der Waals surface area (Å²) in [4.78, 5) is 12.9. The Balaban J connectivity index is 2.19. The third kappa shape index (κ3) is 1.90. The summed E-state index contributed by atoms with van der Waals surface area (Å²) < 4.78 is 38.1. The van der Waals surface area contributed by atoms with Crippen molar-refractivity contribution >= 4 is 17.7 Å². The molecule has 0 saturated carbocycles. The summed E-state index contributed by atoms with van der Waals surface area (Å²) in [5.74, 6) is -0.442. The van der Waals surface area contributed by atoms with E-state index >= 15 is 0 Å². The van der Waals surface area contributed by atoms with Crippen molar-refractivity contribution in [1.29, 1.82) is 0 Å². The van der Waals surface area contributed by atoms with Gasteiger partial charge in [-0.05, 0) is 19.9 Å². The van der Waals surface area contributed by atoms with Crippen LogP contribution in [0.4, 0.5) is 13.2 Å². The van der Waals surface area contributed by atoms with Gasteiger partial charge < -0.3 is 10.2 Å². The van der Waals surface area contributed by atoms with Gasteiger partial charge in [0.2, 0.25) is 5.91 Å². The van der Waals surface area contributed by atoms with Crippen LogP contribution in [-0.4, -0.2) is 47.2 Å². The summed E-state index contributed by atoms with van der Waals surface area (Å²) in [7, 11) is 1.61. The third-order valence-corrected chi connectivity index (χ3v) is 4.43. The molecule has 0 aromatic heterocycles. The number of fused-ring (bicyclic) bond motifs is 1. The lowest BCUT2D eigenvalue weighted by atomic mass is 10.0. The summed E-state index contributed by atoms with van der Waals surface area (Å²) in [6, 6.07) is -2.06. The van der Waals surface area contributed by atoms with Gasteiger partial charge in [-0.15, -0.1) is 11.8 Å². The molecule has 2 saturated heterocycles. The summed E-state index contributed by atoms with van der Waals surface area (Å²) in [6.45, 7) is 0. The van der Waals surface area contributed by atoms with Crippen LogP contribution in [0.15, 0.2) is 0 Å². The van der Waals surface area contributed by atoms with Gasteiger partial charge in [0.05, 0.1) is 11.4 Å². The predicted molar refractivity (Wildman–Crippen MR) is 55.0 cm³/mol. The van der Waals surface area contributed by atoms with Crippen molar-refractivity contribution in [3.05, 3.63) is 0 Å². The van der Waals surface area contributed by atoms with E-state index in [1.807, 2.05) is 0 Å². The smallest absolute Gasteiger partial charge is 0.316 e. The number of rotatable bonds is 1. The van der Waals surface area contributed by atoms with E-state index in [-0.39, 0.29) is 11.1 Å². The third-order valence-electron chi connectivity index (χ3n) is 3.07. The van der Waals surface area contributed by atoms with Crippen LogP contribution in [0.3, 0.4) is 0 Å². The second-order valence-corrected chi connectivity index (χ2v) is 5.22. The minimum atomic E-state index is -4.31. The maximum absolute atomic E-state index is 12.7. The van der Waals surface area contributed by atoms with Crippen LogP contribution < -0.4 is 5.32 Å². The number of halogens is 3. The molecule has 0 spiro atoms. The van der Waals surface area contributed by atoms with Crippen molar-refractivity contribution in [3.8, 4) is 0 Å². The number of thioether (sulfide) groups is 1. The minimum absolute atomic E-state index is 0.0314. The molecule has 2 aliphatic rings. The van der Waals surface area contributed by atoms with Gasteiger partial charge >= 0.3 is 6.18 Å². The molecule has 0 aliphatic carbocycles. The van der Waals surface area contributed by atoms with Gasteiger partial charge in [0, 0.05) is 5.75 Å².